The molecule has 0 heterocycles. The van der Waals surface area contributed by atoms with Gasteiger partial charge < -0.3 is 14.8 Å². The van der Waals surface area contributed by atoms with Gasteiger partial charge >= 0.3 is 0 Å². The predicted octanol–water partition coefficient (Wildman–Crippen LogP) is 4.19. The molecule has 0 aromatic heterocycles. The van der Waals surface area contributed by atoms with Crippen LogP contribution in [-0.2, 0) is 6.61 Å². The molecule has 136 valence electrons. The number of rotatable bonds is 6. The van der Waals surface area contributed by atoms with E-state index in [1.165, 1.54) is 19.3 Å². The van der Waals surface area contributed by atoms with E-state index in [1.54, 1.807) is 7.11 Å². The quantitative estimate of drug-likeness (QED) is 0.849. The van der Waals surface area contributed by atoms with Gasteiger partial charge in [-0.1, -0.05) is 42.8 Å². The number of methoxy groups -OCH3 is 1. The van der Waals surface area contributed by atoms with Crippen LogP contribution in [0.5, 0.6) is 11.5 Å². The first-order valence-corrected chi connectivity index (χ1v) is 9.39. The minimum absolute atomic E-state index is 0.0944. The molecular formula is C22H25NO3. The van der Waals surface area contributed by atoms with E-state index >= 15 is 0 Å². The second-order valence-corrected chi connectivity index (χ2v) is 7.36. The zero-order chi connectivity index (χ0) is 17.9. The number of hydrogen-bond acceptors (Lipinski definition) is 3. The van der Waals surface area contributed by atoms with Crippen molar-refractivity contribution in [2.24, 2.45) is 11.8 Å². The highest BCUT2D eigenvalue weighted by Gasteiger charge is 2.40. The van der Waals surface area contributed by atoms with E-state index in [2.05, 4.69) is 5.32 Å². The number of benzene rings is 2. The average Bonchev–Trinajstić information content (AvgIpc) is 3.29. The Labute approximate surface area is 154 Å². The van der Waals surface area contributed by atoms with E-state index in [-0.39, 0.29) is 11.9 Å². The van der Waals surface area contributed by atoms with E-state index in [9.17, 15) is 4.79 Å². The number of carbonyl (C=O) groups is 1. The zero-order valence-electron chi connectivity index (χ0n) is 15.1. The van der Waals surface area contributed by atoms with Gasteiger partial charge in [-0.05, 0) is 48.8 Å². The highest BCUT2D eigenvalue weighted by atomic mass is 16.5. The molecule has 3 atom stereocenters. The van der Waals surface area contributed by atoms with Crippen molar-refractivity contribution in [1.29, 1.82) is 0 Å². The molecule has 0 radical (unpaired) electrons. The Bertz CT molecular complexity index is 774. The number of carbonyl (C=O) groups excluding carboxylic acids is 1. The van der Waals surface area contributed by atoms with E-state index in [1.807, 2.05) is 48.5 Å². The van der Waals surface area contributed by atoms with Crippen molar-refractivity contribution in [2.75, 3.05) is 7.11 Å². The summed E-state index contributed by atoms with van der Waals surface area (Å²) in [5.41, 5.74) is 1.56. The highest BCUT2D eigenvalue weighted by molar-refractivity contribution is 6.00. The summed E-state index contributed by atoms with van der Waals surface area (Å²) in [6, 6.07) is 15.7. The maximum absolute atomic E-state index is 13.0. The van der Waals surface area contributed by atoms with Crippen molar-refractivity contribution in [3.05, 3.63) is 59.7 Å². The van der Waals surface area contributed by atoms with Crippen LogP contribution in [0.15, 0.2) is 48.5 Å². The molecule has 2 fully saturated rings. The van der Waals surface area contributed by atoms with Crippen LogP contribution in [0.4, 0.5) is 0 Å². The van der Waals surface area contributed by atoms with Crippen LogP contribution in [0.25, 0.3) is 0 Å². The molecule has 2 saturated carbocycles. The monoisotopic (exact) mass is 351 g/mol. The Morgan fingerprint density at radius 1 is 1.04 bits per heavy atom. The molecule has 0 saturated heterocycles. The van der Waals surface area contributed by atoms with Gasteiger partial charge in [0.05, 0.1) is 7.11 Å². The van der Waals surface area contributed by atoms with Crippen molar-refractivity contribution in [3.63, 3.8) is 0 Å². The van der Waals surface area contributed by atoms with Crippen LogP contribution < -0.4 is 14.8 Å². The van der Waals surface area contributed by atoms with Crippen molar-refractivity contribution < 1.29 is 14.3 Å². The van der Waals surface area contributed by atoms with Crippen molar-refractivity contribution in [3.8, 4) is 11.5 Å². The van der Waals surface area contributed by atoms with E-state index in [0.29, 0.717) is 29.6 Å². The van der Waals surface area contributed by atoms with Gasteiger partial charge in [0.2, 0.25) is 0 Å². The van der Waals surface area contributed by atoms with E-state index in [0.717, 1.165) is 17.9 Å². The molecule has 2 aliphatic rings. The molecule has 26 heavy (non-hydrogen) atoms. The molecular weight excluding hydrogens is 326 g/mol. The number of ether oxygens (including phenoxy) is 2. The van der Waals surface area contributed by atoms with Gasteiger partial charge in [0.15, 0.2) is 0 Å². The first kappa shape index (κ1) is 17.0. The summed E-state index contributed by atoms with van der Waals surface area (Å²) in [5, 5.41) is 3.24. The van der Waals surface area contributed by atoms with Crippen molar-refractivity contribution >= 4 is 5.91 Å². The van der Waals surface area contributed by atoms with Gasteiger partial charge in [0.1, 0.15) is 23.7 Å². The minimum atomic E-state index is -0.0944. The first-order chi connectivity index (χ1) is 12.7. The van der Waals surface area contributed by atoms with E-state index < -0.39 is 0 Å². The van der Waals surface area contributed by atoms with Gasteiger partial charge in [0.25, 0.3) is 5.91 Å². The van der Waals surface area contributed by atoms with Gasteiger partial charge in [-0.15, -0.1) is 0 Å². The Kier molecular flexibility index (Phi) is 4.83. The van der Waals surface area contributed by atoms with Crippen LogP contribution >= 0.6 is 0 Å². The fourth-order valence-electron chi connectivity index (χ4n) is 4.42. The van der Waals surface area contributed by atoms with Gasteiger partial charge in [-0.3, -0.25) is 4.79 Å². The Hall–Kier alpha value is -2.49. The third-order valence-corrected chi connectivity index (χ3v) is 5.73. The summed E-state index contributed by atoms with van der Waals surface area (Å²) < 4.78 is 11.4. The Balaban J connectivity index is 1.52. The molecule has 1 amide bonds. The molecule has 0 unspecified atom stereocenters. The summed E-state index contributed by atoms with van der Waals surface area (Å²) in [6.45, 7) is 0.419. The van der Waals surface area contributed by atoms with Crippen LogP contribution in [0, 0.1) is 11.8 Å². The molecule has 0 spiro atoms. The fourth-order valence-corrected chi connectivity index (χ4v) is 4.42. The molecule has 2 aliphatic carbocycles. The molecule has 0 aliphatic heterocycles. The van der Waals surface area contributed by atoms with Crippen molar-refractivity contribution in [1.82, 2.24) is 5.32 Å². The van der Waals surface area contributed by atoms with E-state index in [4.69, 9.17) is 9.47 Å². The lowest BCUT2D eigenvalue weighted by atomic mass is 9.95. The molecule has 2 aromatic carbocycles. The smallest absolute Gasteiger partial charge is 0.259 e. The summed E-state index contributed by atoms with van der Waals surface area (Å²) in [4.78, 5) is 13.0. The summed E-state index contributed by atoms with van der Waals surface area (Å²) in [7, 11) is 1.59. The number of nitrogens with one attached hydrogen (secondary N) is 1. The van der Waals surface area contributed by atoms with Gasteiger partial charge in [-0.2, -0.15) is 0 Å². The summed E-state index contributed by atoms with van der Waals surface area (Å²) >= 11 is 0. The first-order valence-electron chi connectivity index (χ1n) is 9.39. The average molecular weight is 351 g/mol. The SMILES string of the molecule is COc1cccc(OCc2ccccc2)c1C(=O)N[C@@H]1C[C@H]2CC[C@@H]1C2. The molecule has 1 N–H and O–H groups in total. The second-order valence-electron chi connectivity index (χ2n) is 7.36. The third-order valence-electron chi connectivity index (χ3n) is 5.73. The zero-order valence-corrected chi connectivity index (χ0v) is 15.1. The molecule has 4 heteroatoms. The van der Waals surface area contributed by atoms with Crippen LogP contribution in [-0.4, -0.2) is 19.1 Å². The topological polar surface area (TPSA) is 47.6 Å². The molecule has 4 nitrogen and oxygen atoms in total. The number of hydrogen-bond donors (Lipinski definition) is 1. The highest BCUT2D eigenvalue weighted by Crippen LogP contribution is 2.44. The largest absolute Gasteiger partial charge is 0.496 e. The third kappa shape index (κ3) is 3.41. The predicted molar refractivity (Wildman–Crippen MR) is 100 cm³/mol. The lowest BCUT2D eigenvalue weighted by Gasteiger charge is -2.24. The second kappa shape index (κ2) is 7.40. The van der Waals surface area contributed by atoms with Crippen molar-refractivity contribution in [2.45, 2.75) is 38.3 Å². The molecule has 2 aromatic rings. The number of amides is 1. The standard InChI is InChI=1S/C22H25NO3/c1-25-19-8-5-9-20(26-14-15-6-3-2-4-7-15)21(19)22(24)23-18-13-16-10-11-17(18)12-16/h2-9,16-18H,10-14H2,1H3,(H,23,24)/t16-,17+,18+/m0/s1. The van der Waals surface area contributed by atoms with Crippen LogP contribution in [0.3, 0.4) is 0 Å². The summed E-state index contributed by atoms with van der Waals surface area (Å²) in [5.74, 6) is 2.44. The maximum atomic E-state index is 13.0. The minimum Gasteiger partial charge on any atom is -0.496 e. The van der Waals surface area contributed by atoms with Crippen LogP contribution in [0.1, 0.15) is 41.6 Å². The van der Waals surface area contributed by atoms with Gasteiger partial charge in [0, 0.05) is 6.04 Å². The summed E-state index contributed by atoms with van der Waals surface area (Å²) in [6.07, 6.45) is 4.91. The number of fused-ring (bicyclic) bond motifs is 2. The Morgan fingerprint density at radius 3 is 2.54 bits per heavy atom. The molecule has 2 bridgehead atoms. The fraction of sp³-hybridized carbons (Fsp3) is 0.409. The molecule has 4 rings (SSSR count). The van der Waals surface area contributed by atoms with Crippen LogP contribution in [0.2, 0.25) is 0 Å². The maximum Gasteiger partial charge on any atom is 0.259 e. The Morgan fingerprint density at radius 2 is 1.85 bits per heavy atom. The lowest BCUT2D eigenvalue weighted by Crippen LogP contribution is -2.38. The van der Waals surface area contributed by atoms with Gasteiger partial charge in [-0.25, -0.2) is 0 Å². The normalized spacial score (nSPS) is 23.7. The lowest BCUT2D eigenvalue weighted by molar-refractivity contribution is 0.0915.